The molecular weight excluding hydrogens is 442 g/mol. The standard InChI is InChI=1S/C19H18Cl2F3N5O/c1-11-8-16(19(22,23)24)26-28(11)7-6-18(30)25-17-9-12(2)29(27-17)10-13-14(20)4-3-5-15(13)21/h3-5,8-9H,6-7,10H2,1-2H3,(H,25,27,30). The first-order valence-electron chi connectivity index (χ1n) is 8.93. The van der Waals surface area contributed by atoms with E-state index in [4.69, 9.17) is 23.2 Å². The number of alkyl halides is 3. The van der Waals surface area contributed by atoms with Crippen molar-refractivity contribution in [2.75, 3.05) is 5.32 Å². The van der Waals surface area contributed by atoms with Crippen LogP contribution in [0.5, 0.6) is 0 Å². The molecule has 6 nitrogen and oxygen atoms in total. The molecule has 11 heteroatoms. The minimum absolute atomic E-state index is 0.0165. The molecule has 160 valence electrons. The topological polar surface area (TPSA) is 64.7 Å². The van der Waals surface area contributed by atoms with Crippen molar-refractivity contribution in [1.82, 2.24) is 19.6 Å². The van der Waals surface area contributed by atoms with Crippen molar-refractivity contribution in [2.45, 2.75) is 39.5 Å². The molecule has 1 aromatic carbocycles. The van der Waals surface area contributed by atoms with Gasteiger partial charge in [0.05, 0.1) is 6.54 Å². The summed E-state index contributed by atoms with van der Waals surface area (Å²) in [6.45, 7) is 3.67. The summed E-state index contributed by atoms with van der Waals surface area (Å²) in [5.74, 6) is -0.0623. The molecule has 0 saturated carbocycles. The highest BCUT2D eigenvalue weighted by Gasteiger charge is 2.34. The number of halogens is 5. The summed E-state index contributed by atoms with van der Waals surface area (Å²) in [4.78, 5) is 12.2. The van der Waals surface area contributed by atoms with E-state index in [1.54, 1.807) is 28.9 Å². The molecule has 0 aliphatic rings. The molecule has 1 N–H and O–H groups in total. The van der Waals surface area contributed by atoms with E-state index < -0.39 is 11.9 Å². The summed E-state index contributed by atoms with van der Waals surface area (Å²) in [7, 11) is 0. The predicted octanol–water partition coefficient (Wildman–Crippen LogP) is 5.10. The summed E-state index contributed by atoms with van der Waals surface area (Å²) < 4.78 is 41.0. The Bertz CT molecular complexity index is 1050. The molecule has 0 aliphatic carbocycles. The lowest BCUT2D eigenvalue weighted by molar-refractivity contribution is -0.141. The number of benzene rings is 1. The fourth-order valence-electron chi connectivity index (χ4n) is 2.85. The second-order valence-corrected chi connectivity index (χ2v) is 7.53. The number of rotatable bonds is 6. The molecule has 1 amide bonds. The first kappa shape index (κ1) is 22.2. The van der Waals surface area contributed by atoms with Gasteiger partial charge in [-0.2, -0.15) is 23.4 Å². The maximum absolute atomic E-state index is 12.7. The fourth-order valence-corrected chi connectivity index (χ4v) is 3.37. The molecule has 0 fully saturated rings. The molecule has 0 saturated heterocycles. The maximum atomic E-state index is 12.7. The van der Waals surface area contributed by atoms with Crippen molar-refractivity contribution < 1.29 is 18.0 Å². The molecule has 0 aliphatic heterocycles. The highest BCUT2D eigenvalue weighted by molar-refractivity contribution is 6.35. The van der Waals surface area contributed by atoms with Crippen LogP contribution in [0, 0.1) is 13.8 Å². The molecule has 2 heterocycles. The van der Waals surface area contributed by atoms with E-state index in [0.29, 0.717) is 33.7 Å². The number of nitrogens with one attached hydrogen (secondary N) is 1. The predicted molar refractivity (Wildman–Crippen MR) is 108 cm³/mol. The minimum Gasteiger partial charge on any atom is -0.309 e. The molecule has 0 atom stereocenters. The highest BCUT2D eigenvalue weighted by Crippen LogP contribution is 2.28. The van der Waals surface area contributed by atoms with Gasteiger partial charge < -0.3 is 5.32 Å². The Balaban J connectivity index is 1.63. The molecule has 30 heavy (non-hydrogen) atoms. The van der Waals surface area contributed by atoms with Crippen molar-refractivity contribution in [2.24, 2.45) is 0 Å². The first-order valence-corrected chi connectivity index (χ1v) is 9.69. The first-order chi connectivity index (χ1) is 14.0. The Morgan fingerprint density at radius 2 is 1.70 bits per heavy atom. The molecular formula is C19H18Cl2F3N5O. The van der Waals surface area contributed by atoms with Crippen LogP contribution in [-0.2, 0) is 24.1 Å². The fraction of sp³-hybridized carbons (Fsp3) is 0.316. The van der Waals surface area contributed by atoms with Crippen molar-refractivity contribution in [1.29, 1.82) is 0 Å². The normalized spacial score (nSPS) is 11.7. The van der Waals surface area contributed by atoms with E-state index >= 15 is 0 Å². The quantitative estimate of drug-likeness (QED) is 0.557. The van der Waals surface area contributed by atoms with Gasteiger partial charge in [0.1, 0.15) is 0 Å². The van der Waals surface area contributed by atoms with Gasteiger partial charge in [-0.05, 0) is 32.0 Å². The maximum Gasteiger partial charge on any atom is 0.435 e. The van der Waals surface area contributed by atoms with E-state index in [1.165, 1.54) is 6.92 Å². The third kappa shape index (κ3) is 5.14. The summed E-state index contributed by atoms with van der Waals surface area (Å²) >= 11 is 12.4. The van der Waals surface area contributed by atoms with Gasteiger partial charge in [-0.25, -0.2) is 0 Å². The summed E-state index contributed by atoms with van der Waals surface area (Å²) in [6.07, 6.45) is -4.57. The smallest absolute Gasteiger partial charge is 0.309 e. The Labute approximate surface area is 180 Å². The largest absolute Gasteiger partial charge is 0.435 e. The van der Waals surface area contributed by atoms with Crippen LogP contribution >= 0.6 is 23.2 Å². The van der Waals surface area contributed by atoms with Crippen LogP contribution in [0.2, 0.25) is 10.0 Å². The third-order valence-corrected chi connectivity index (χ3v) is 5.15. The SMILES string of the molecule is Cc1cc(NC(=O)CCn2nc(C(F)(F)F)cc2C)nn1Cc1c(Cl)cccc1Cl. The van der Waals surface area contributed by atoms with E-state index in [9.17, 15) is 18.0 Å². The van der Waals surface area contributed by atoms with Crippen molar-refractivity contribution >= 4 is 34.9 Å². The van der Waals surface area contributed by atoms with Gasteiger partial charge in [-0.1, -0.05) is 29.3 Å². The monoisotopic (exact) mass is 459 g/mol. The van der Waals surface area contributed by atoms with Gasteiger partial charge in [0.2, 0.25) is 5.91 Å². The van der Waals surface area contributed by atoms with E-state index in [1.807, 2.05) is 6.92 Å². The van der Waals surface area contributed by atoms with E-state index in [-0.39, 0.29) is 18.9 Å². The third-order valence-electron chi connectivity index (χ3n) is 4.44. The van der Waals surface area contributed by atoms with Gasteiger partial charge >= 0.3 is 6.18 Å². The van der Waals surface area contributed by atoms with E-state index in [2.05, 4.69) is 15.5 Å². The van der Waals surface area contributed by atoms with Crippen LogP contribution in [0.1, 0.15) is 29.1 Å². The van der Waals surface area contributed by atoms with Gasteiger partial charge in [-0.15, -0.1) is 0 Å². The molecule has 3 aromatic rings. The van der Waals surface area contributed by atoms with Crippen molar-refractivity contribution in [3.63, 3.8) is 0 Å². The van der Waals surface area contributed by atoms with E-state index in [0.717, 1.165) is 16.4 Å². The average Bonchev–Trinajstić information content (AvgIpc) is 3.18. The number of aryl methyl sites for hydroxylation is 3. The number of hydrogen-bond acceptors (Lipinski definition) is 3. The zero-order valence-corrected chi connectivity index (χ0v) is 17.6. The average molecular weight is 460 g/mol. The van der Waals surface area contributed by atoms with Gasteiger partial charge in [0.15, 0.2) is 11.5 Å². The van der Waals surface area contributed by atoms with Crippen LogP contribution in [0.3, 0.4) is 0 Å². The molecule has 2 aromatic heterocycles. The summed E-state index contributed by atoms with van der Waals surface area (Å²) in [5, 5.41) is 11.5. The molecule has 0 bridgehead atoms. The van der Waals surface area contributed by atoms with Crippen LogP contribution in [0.4, 0.5) is 19.0 Å². The lowest BCUT2D eigenvalue weighted by atomic mass is 10.2. The van der Waals surface area contributed by atoms with Gasteiger partial charge in [-0.3, -0.25) is 14.2 Å². The summed E-state index contributed by atoms with van der Waals surface area (Å²) in [6, 6.07) is 7.83. The lowest BCUT2D eigenvalue weighted by Gasteiger charge is -2.08. The van der Waals surface area contributed by atoms with Gasteiger partial charge in [0, 0.05) is 46.0 Å². The van der Waals surface area contributed by atoms with Gasteiger partial charge in [0.25, 0.3) is 0 Å². The number of hydrogen-bond donors (Lipinski definition) is 1. The second kappa shape index (κ2) is 8.69. The Morgan fingerprint density at radius 1 is 1.07 bits per heavy atom. The second-order valence-electron chi connectivity index (χ2n) is 6.72. The Kier molecular flexibility index (Phi) is 6.42. The van der Waals surface area contributed by atoms with Crippen molar-refractivity contribution in [3.8, 4) is 0 Å². The Hall–Kier alpha value is -2.52. The number of anilines is 1. The zero-order chi connectivity index (χ0) is 22.1. The number of carbonyl (C=O) groups excluding carboxylic acids is 1. The highest BCUT2D eigenvalue weighted by atomic mass is 35.5. The van der Waals surface area contributed by atoms with Crippen molar-refractivity contribution in [3.05, 3.63) is 63.0 Å². The van der Waals surface area contributed by atoms with Crippen LogP contribution in [0.15, 0.2) is 30.3 Å². The zero-order valence-electron chi connectivity index (χ0n) is 16.1. The lowest BCUT2D eigenvalue weighted by Crippen LogP contribution is -2.16. The summed E-state index contributed by atoms with van der Waals surface area (Å²) in [5.41, 5.74) is 0.832. The number of carbonyl (C=O) groups is 1. The number of aromatic nitrogens is 4. The van der Waals surface area contributed by atoms with Crippen LogP contribution < -0.4 is 5.32 Å². The van der Waals surface area contributed by atoms with Crippen LogP contribution in [0.25, 0.3) is 0 Å². The number of nitrogens with zero attached hydrogens (tertiary/aromatic N) is 4. The minimum atomic E-state index is -4.52. The molecule has 0 radical (unpaired) electrons. The molecule has 0 unspecified atom stereocenters. The Morgan fingerprint density at radius 3 is 2.30 bits per heavy atom. The van der Waals surface area contributed by atoms with Crippen LogP contribution in [-0.4, -0.2) is 25.5 Å². The molecule has 3 rings (SSSR count). The molecule has 0 spiro atoms. The number of amides is 1.